The number of halogens is 5. The van der Waals surface area contributed by atoms with E-state index < -0.39 is 40.4 Å². The van der Waals surface area contributed by atoms with E-state index in [4.69, 9.17) is 9.47 Å². The van der Waals surface area contributed by atoms with Gasteiger partial charge in [-0.15, -0.1) is 0 Å². The normalized spacial score (nSPS) is 13.7. The van der Waals surface area contributed by atoms with Gasteiger partial charge in [-0.05, 0) is 30.4 Å². The standard InChI is InChI=1S/C18H11F5O3/c19-14-10(15(20)17(22)18(23)16(14)21)3-4-11(24)9-2-5-12-13(8-9)26-7-1-6-25-12/h2-5,8H,1,6-7H2/b4-3+. The second kappa shape index (κ2) is 7.15. The van der Waals surface area contributed by atoms with E-state index in [1.807, 2.05) is 0 Å². The fourth-order valence-corrected chi connectivity index (χ4v) is 2.34. The number of ketones is 1. The van der Waals surface area contributed by atoms with Crippen LogP contribution in [0, 0.1) is 29.1 Å². The van der Waals surface area contributed by atoms with Crippen molar-refractivity contribution in [3.8, 4) is 11.5 Å². The molecular weight excluding hydrogens is 359 g/mol. The second-order valence-electron chi connectivity index (χ2n) is 5.39. The lowest BCUT2D eigenvalue weighted by molar-refractivity contribution is 0.104. The molecule has 3 rings (SSSR count). The van der Waals surface area contributed by atoms with E-state index in [9.17, 15) is 26.7 Å². The largest absolute Gasteiger partial charge is 0.490 e. The van der Waals surface area contributed by atoms with Crippen LogP contribution in [-0.4, -0.2) is 19.0 Å². The molecule has 0 radical (unpaired) electrons. The number of rotatable bonds is 3. The maximum absolute atomic E-state index is 13.6. The third-order valence-corrected chi connectivity index (χ3v) is 3.68. The van der Waals surface area contributed by atoms with E-state index in [1.54, 1.807) is 0 Å². The zero-order valence-corrected chi connectivity index (χ0v) is 13.1. The molecular formula is C18H11F5O3. The van der Waals surface area contributed by atoms with Gasteiger partial charge in [0.1, 0.15) is 0 Å². The number of hydrogen-bond acceptors (Lipinski definition) is 3. The Morgan fingerprint density at radius 3 is 2.08 bits per heavy atom. The molecule has 0 atom stereocenters. The second-order valence-corrected chi connectivity index (χ2v) is 5.39. The van der Waals surface area contributed by atoms with Crippen LogP contribution in [0.25, 0.3) is 6.08 Å². The highest BCUT2D eigenvalue weighted by Crippen LogP contribution is 2.31. The van der Waals surface area contributed by atoms with E-state index >= 15 is 0 Å². The molecule has 0 saturated carbocycles. The molecule has 3 nitrogen and oxygen atoms in total. The van der Waals surface area contributed by atoms with Gasteiger partial charge in [0, 0.05) is 12.0 Å². The Kier molecular flexibility index (Phi) is 4.92. The Morgan fingerprint density at radius 1 is 0.846 bits per heavy atom. The molecule has 0 spiro atoms. The molecule has 1 aliphatic heterocycles. The van der Waals surface area contributed by atoms with Crippen molar-refractivity contribution in [3.63, 3.8) is 0 Å². The smallest absolute Gasteiger partial charge is 0.200 e. The summed E-state index contributed by atoms with van der Waals surface area (Å²) in [6.07, 6.45) is 1.93. The van der Waals surface area contributed by atoms with Crippen LogP contribution < -0.4 is 9.47 Å². The molecule has 0 aromatic heterocycles. The summed E-state index contributed by atoms with van der Waals surface area (Å²) in [4.78, 5) is 12.2. The molecule has 0 unspecified atom stereocenters. The Bertz CT molecular complexity index is 879. The van der Waals surface area contributed by atoms with Gasteiger partial charge in [-0.3, -0.25) is 4.79 Å². The Hall–Kier alpha value is -2.90. The highest BCUT2D eigenvalue weighted by Gasteiger charge is 2.24. The summed E-state index contributed by atoms with van der Waals surface area (Å²) >= 11 is 0. The third kappa shape index (κ3) is 3.26. The molecule has 136 valence electrons. The molecule has 1 heterocycles. The molecule has 0 fully saturated rings. The van der Waals surface area contributed by atoms with Gasteiger partial charge in [0.2, 0.25) is 5.82 Å². The molecule has 2 aromatic carbocycles. The molecule has 0 saturated heterocycles. The highest BCUT2D eigenvalue weighted by atomic mass is 19.2. The van der Waals surface area contributed by atoms with Crippen molar-refractivity contribution in [3.05, 3.63) is 64.5 Å². The first kappa shape index (κ1) is 17.9. The van der Waals surface area contributed by atoms with Crippen LogP contribution in [0.4, 0.5) is 22.0 Å². The quantitative estimate of drug-likeness (QED) is 0.264. The lowest BCUT2D eigenvalue weighted by atomic mass is 10.1. The van der Waals surface area contributed by atoms with E-state index in [0.29, 0.717) is 37.2 Å². The minimum absolute atomic E-state index is 0.106. The van der Waals surface area contributed by atoms with E-state index in [2.05, 4.69) is 0 Å². The summed E-state index contributed by atoms with van der Waals surface area (Å²) in [6, 6.07) is 4.28. The number of carbonyl (C=O) groups excluding carboxylic acids is 1. The number of allylic oxidation sites excluding steroid dienone is 1. The molecule has 0 amide bonds. The fraction of sp³-hybridized carbons (Fsp3) is 0.167. The SMILES string of the molecule is O=C(/C=C/c1c(F)c(F)c(F)c(F)c1F)c1ccc2c(c1)OCCCO2. The molecule has 0 aliphatic carbocycles. The van der Waals surface area contributed by atoms with Crippen molar-refractivity contribution in [1.29, 1.82) is 0 Å². The molecule has 0 bridgehead atoms. The number of ether oxygens (including phenoxy) is 2. The van der Waals surface area contributed by atoms with Crippen LogP contribution in [-0.2, 0) is 0 Å². The number of benzene rings is 2. The summed E-state index contributed by atoms with van der Waals surface area (Å²) in [7, 11) is 0. The zero-order chi connectivity index (χ0) is 18.8. The molecule has 26 heavy (non-hydrogen) atoms. The van der Waals surface area contributed by atoms with Gasteiger partial charge in [-0.2, -0.15) is 0 Å². The first-order chi connectivity index (χ1) is 12.4. The van der Waals surface area contributed by atoms with Crippen molar-refractivity contribution >= 4 is 11.9 Å². The van der Waals surface area contributed by atoms with Crippen molar-refractivity contribution in [2.24, 2.45) is 0 Å². The minimum atomic E-state index is -2.26. The molecule has 1 aliphatic rings. The van der Waals surface area contributed by atoms with Crippen molar-refractivity contribution < 1.29 is 36.2 Å². The predicted molar refractivity (Wildman–Crippen MR) is 81.6 cm³/mol. The Morgan fingerprint density at radius 2 is 1.42 bits per heavy atom. The maximum Gasteiger partial charge on any atom is 0.200 e. The fourth-order valence-electron chi connectivity index (χ4n) is 2.34. The van der Waals surface area contributed by atoms with Gasteiger partial charge in [0.05, 0.1) is 18.8 Å². The minimum Gasteiger partial charge on any atom is -0.490 e. The van der Waals surface area contributed by atoms with Gasteiger partial charge < -0.3 is 9.47 Å². The Balaban J connectivity index is 1.90. The van der Waals surface area contributed by atoms with Crippen molar-refractivity contribution in [2.75, 3.05) is 13.2 Å². The lowest BCUT2D eigenvalue weighted by Crippen LogP contribution is -2.04. The molecule has 0 N–H and O–H groups in total. The first-order valence-corrected chi connectivity index (χ1v) is 7.53. The van der Waals surface area contributed by atoms with Crippen LogP contribution >= 0.6 is 0 Å². The van der Waals surface area contributed by atoms with E-state index in [0.717, 1.165) is 6.08 Å². The molecule has 8 heteroatoms. The number of carbonyl (C=O) groups is 1. The average Bonchev–Trinajstić information content (AvgIpc) is 2.89. The van der Waals surface area contributed by atoms with Gasteiger partial charge in [-0.25, -0.2) is 22.0 Å². The summed E-state index contributed by atoms with van der Waals surface area (Å²) in [5.41, 5.74) is -1.08. The van der Waals surface area contributed by atoms with E-state index in [-0.39, 0.29) is 5.56 Å². The lowest BCUT2D eigenvalue weighted by Gasteiger charge is -2.08. The summed E-state index contributed by atoms with van der Waals surface area (Å²) in [5.74, 6) is -10.4. The van der Waals surface area contributed by atoms with Crippen LogP contribution in [0.3, 0.4) is 0 Å². The topological polar surface area (TPSA) is 35.5 Å². The highest BCUT2D eigenvalue weighted by molar-refractivity contribution is 6.07. The van der Waals surface area contributed by atoms with Crippen LogP contribution in [0.5, 0.6) is 11.5 Å². The zero-order valence-electron chi connectivity index (χ0n) is 13.1. The van der Waals surface area contributed by atoms with Gasteiger partial charge >= 0.3 is 0 Å². The van der Waals surface area contributed by atoms with Crippen LogP contribution in [0.2, 0.25) is 0 Å². The summed E-state index contributed by atoms with van der Waals surface area (Å²) in [5, 5.41) is 0. The summed E-state index contributed by atoms with van der Waals surface area (Å²) < 4.78 is 77.4. The van der Waals surface area contributed by atoms with Crippen LogP contribution in [0.15, 0.2) is 24.3 Å². The van der Waals surface area contributed by atoms with Gasteiger partial charge in [0.25, 0.3) is 0 Å². The van der Waals surface area contributed by atoms with Crippen molar-refractivity contribution in [2.45, 2.75) is 6.42 Å². The molecule has 2 aromatic rings. The number of fused-ring (bicyclic) bond motifs is 1. The predicted octanol–water partition coefficient (Wildman–Crippen LogP) is 4.44. The van der Waals surface area contributed by atoms with Gasteiger partial charge in [0.15, 0.2) is 40.6 Å². The first-order valence-electron chi connectivity index (χ1n) is 7.53. The van der Waals surface area contributed by atoms with Crippen molar-refractivity contribution in [1.82, 2.24) is 0 Å². The monoisotopic (exact) mass is 370 g/mol. The average molecular weight is 370 g/mol. The van der Waals surface area contributed by atoms with Crippen LogP contribution in [0.1, 0.15) is 22.3 Å². The third-order valence-electron chi connectivity index (χ3n) is 3.68. The maximum atomic E-state index is 13.6. The van der Waals surface area contributed by atoms with Gasteiger partial charge in [-0.1, -0.05) is 0 Å². The van der Waals surface area contributed by atoms with E-state index in [1.165, 1.54) is 18.2 Å². The summed E-state index contributed by atoms with van der Waals surface area (Å²) in [6.45, 7) is 0.853. The Labute approximate surface area is 144 Å². The number of hydrogen-bond donors (Lipinski definition) is 0.